The summed E-state index contributed by atoms with van der Waals surface area (Å²) in [6, 6.07) is 9.35. The number of benzene rings is 1. The molecule has 0 aliphatic carbocycles. The van der Waals surface area contributed by atoms with Crippen molar-refractivity contribution in [2.24, 2.45) is 0 Å². The molecule has 0 fully saturated rings. The van der Waals surface area contributed by atoms with Crippen LogP contribution in [0.3, 0.4) is 0 Å². The normalized spacial score (nSPS) is 11.0. The fourth-order valence-electron chi connectivity index (χ4n) is 2.07. The Morgan fingerprint density at radius 1 is 1.24 bits per heavy atom. The summed E-state index contributed by atoms with van der Waals surface area (Å²) in [7, 11) is 1.45. The van der Waals surface area contributed by atoms with Crippen molar-refractivity contribution >= 4 is 17.7 Å². The van der Waals surface area contributed by atoms with E-state index in [2.05, 4.69) is 15.0 Å². The van der Waals surface area contributed by atoms with Crippen LogP contribution in [0.4, 0.5) is 18.9 Å². The van der Waals surface area contributed by atoms with Crippen LogP contribution in [0.5, 0.6) is 17.4 Å². The van der Waals surface area contributed by atoms with Crippen LogP contribution in [0.25, 0.3) is 6.08 Å². The summed E-state index contributed by atoms with van der Waals surface area (Å²) < 4.78 is 51.2. The van der Waals surface area contributed by atoms with Gasteiger partial charge in [0.15, 0.2) is 24.7 Å². The molecule has 0 saturated heterocycles. The highest BCUT2D eigenvalue weighted by atomic mass is 19.4. The first-order valence-corrected chi connectivity index (χ1v) is 8.13. The maximum absolute atomic E-state index is 12.1. The van der Waals surface area contributed by atoms with E-state index in [0.717, 1.165) is 0 Å². The number of carbonyl (C=O) groups is 1. The molecule has 0 radical (unpaired) electrons. The monoisotopic (exact) mass is 407 g/mol. The van der Waals surface area contributed by atoms with Gasteiger partial charge in [0.05, 0.1) is 19.0 Å². The van der Waals surface area contributed by atoms with Crippen LogP contribution in [0.15, 0.2) is 42.6 Å². The number of nitrogens with zero attached hydrogens (tertiary/aromatic N) is 2. The van der Waals surface area contributed by atoms with Crippen LogP contribution in [0, 0.1) is 11.3 Å². The van der Waals surface area contributed by atoms with E-state index in [1.165, 1.54) is 37.6 Å². The van der Waals surface area contributed by atoms with Gasteiger partial charge in [0, 0.05) is 12.1 Å². The second-order valence-electron chi connectivity index (χ2n) is 5.47. The molecule has 0 unspecified atom stereocenters. The van der Waals surface area contributed by atoms with E-state index in [-0.39, 0.29) is 18.2 Å². The predicted molar refractivity (Wildman–Crippen MR) is 97.6 cm³/mol. The van der Waals surface area contributed by atoms with Crippen LogP contribution in [-0.2, 0) is 4.79 Å². The number of anilines is 1. The molecule has 29 heavy (non-hydrogen) atoms. The van der Waals surface area contributed by atoms with Crippen molar-refractivity contribution in [2.75, 3.05) is 25.6 Å². The standard InChI is InChI=1S/C19H16F3N3O4/c1-27-16-10-13(2-5-15(16)28-9-8-23)3-6-17(26)25-14-4-7-18(24-11-14)29-12-19(20,21)22/h2-7,10-11H,9,12H2,1H3,(H,25,26)/b6-3+. The first-order valence-electron chi connectivity index (χ1n) is 8.13. The summed E-state index contributed by atoms with van der Waals surface area (Å²) in [5.41, 5.74) is 0.937. The largest absolute Gasteiger partial charge is 0.493 e. The van der Waals surface area contributed by atoms with E-state index in [1.807, 2.05) is 6.07 Å². The van der Waals surface area contributed by atoms with E-state index < -0.39 is 18.7 Å². The number of nitriles is 1. The number of halogens is 3. The van der Waals surface area contributed by atoms with Gasteiger partial charge in [-0.15, -0.1) is 0 Å². The summed E-state index contributed by atoms with van der Waals surface area (Å²) in [4.78, 5) is 15.7. The van der Waals surface area contributed by atoms with Gasteiger partial charge < -0.3 is 19.5 Å². The Balaban J connectivity index is 1.94. The van der Waals surface area contributed by atoms with Crippen molar-refractivity contribution in [1.29, 1.82) is 5.26 Å². The van der Waals surface area contributed by atoms with E-state index >= 15 is 0 Å². The third-order valence-electron chi connectivity index (χ3n) is 3.29. The maximum Gasteiger partial charge on any atom is 0.422 e. The smallest absolute Gasteiger partial charge is 0.422 e. The lowest BCUT2D eigenvalue weighted by Gasteiger charge is -2.09. The number of aromatic nitrogens is 1. The molecule has 152 valence electrons. The van der Waals surface area contributed by atoms with Crippen molar-refractivity contribution in [3.63, 3.8) is 0 Å². The number of carbonyl (C=O) groups excluding carboxylic acids is 1. The van der Waals surface area contributed by atoms with Crippen molar-refractivity contribution in [1.82, 2.24) is 4.98 Å². The molecular formula is C19H16F3N3O4. The average molecular weight is 407 g/mol. The van der Waals surface area contributed by atoms with Crippen molar-refractivity contribution in [2.45, 2.75) is 6.18 Å². The molecule has 0 spiro atoms. The minimum atomic E-state index is -4.46. The first kappa shape index (κ1) is 21.6. The number of pyridine rings is 1. The number of amides is 1. The SMILES string of the molecule is COc1cc(/C=C/C(=O)Nc2ccc(OCC(F)(F)F)nc2)ccc1OCC#N. The Hall–Kier alpha value is -3.74. The summed E-state index contributed by atoms with van der Waals surface area (Å²) in [6.45, 7) is -1.57. The minimum absolute atomic E-state index is 0.123. The molecule has 0 saturated carbocycles. The van der Waals surface area contributed by atoms with Crippen LogP contribution in [0.1, 0.15) is 5.56 Å². The molecule has 0 atom stereocenters. The van der Waals surface area contributed by atoms with Gasteiger partial charge in [-0.1, -0.05) is 6.07 Å². The molecule has 0 aliphatic heterocycles. The highest BCUT2D eigenvalue weighted by molar-refractivity contribution is 6.01. The molecule has 0 bridgehead atoms. The lowest BCUT2D eigenvalue weighted by molar-refractivity contribution is -0.154. The number of rotatable bonds is 8. The molecule has 2 rings (SSSR count). The number of ether oxygens (including phenoxy) is 3. The average Bonchev–Trinajstić information content (AvgIpc) is 2.70. The zero-order valence-corrected chi connectivity index (χ0v) is 15.2. The molecule has 0 aliphatic rings. The third-order valence-corrected chi connectivity index (χ3v) is 3.29. The molecule has 1 aromatic heterocycles. The van der Waals surface area contributed by atoms with Gasteiger partial charge in [0.1, 0.15) is 6.07 Å². The molecular weight excluding hydrogens is 391 g/mol. The zero-order valence-electron chi connectivity index (χ0n) is 15.2. The molecule has 10 heteroatoms. The minimum Gasteiger partial charge on any atom is -0.493 e. The van der Waals surface area contributed by atoms with E-state index in [4.69, 9.17) is 14.7 Å². The number of hydrogen-bond acceptors (Lipinski definition) is 6. The highest BCUT2D eigenvalue weighted by Crippen LogP contribution is 2.28. The summed E-state index contributed by atoms with van der Waals surface area (Å²) in [5.74, 6) is 0.122. The first-order chi connectivity index (χ1) is 13.8. The second-order valence-corrected chi connectivity index (χ2v) is 5.47. The van der Waals surface area contributed by atoms with Crippen LogP contribution in [0.2, 0.25) is 0 Å². The molecule has 2 aromatic rings. The van der Waals surface area contributed by atoms with Crippen molar-refractivity contribution in [3.05, 3.63) is 48.2 Å². The van der Waals surface area contributed by atoms with Gasteiger partial charge in [0.25, 0.3) is 0 Å². The molecule has 1 amide bonds. The summed E-state index contributed by atoms with van der Waals surface area (Å²) in [5, 5.41) is 11.1. The van der Waals surface area contributed by atoms with E-state index in [1.54, 1.807) is 18.2 Å². The molecule has 1 N–H and O–H groups in total. The Bertz CT molecular complexity index is 906. The van der Waals surface area contributed by atoms with Gasteiger partial charge in [-0.05, 0) is 29.8 Å². The quantitative estimate of drug-likeness (QED) is 0.673. The Morgan fingerprint density at radius 2 is 2.03 bits per heavy atom. The third kappa shape index (κ3) is 7.42. The van der Waals surface area contributed by atoms with Gasteiger partial charge in [-0.2, -0.15) is 18.4 Å². The number of hydrogen-bond donors (Lipinski definition) is 1. The summed E-state index contributed by atoms with van der Waals surface area (Å²) >= 11 is 0. The Morgan fingerprint density at radius 3 is 2.66 bits per heavy atom. The van der Waals surface area contributed by atoms with Gasteiger partial charge in [0.2, 0.25) is 11.8 Å². The van der Waals surface area contributed by atoms with Crippen LogP contribution >= 0.6 is 0 Å². The van der Waals surface area contributed by atoms with Gasteiger partial charge >= 0.3 is 6.18 Å². The van der Waals surface area contributed by atoms with Crippen molar-refractivity contribution in [3.8, 4) is 23.4 Å². The van der Waals surface area contributed by atoms with Crippen LogP contribution in [-0.4, -0.2) is 37.4 Å². The summed E-state index contributed by atoms with van der Waals surface area (Å²) in [6.07, 6.45) is -0.483. The predicted octanol–water partition coefficient (Wildman–Crippen LogP) is 3.59. The Kier molecular flexibility index (Phi) is 7.42. The molecule has 7 nitrogen and oxygen atoms in total. The van der Waals surface area contributed by atoms with Crippen molar-refractivity contribution < 1.29 is 32.2 Å². The van der Waals surface area contributed by atoms with E-state index in [0.29, 0.717) is 17.1 Å². The number of alkyl halides is 3. The lowest BCUT2D eigenvalue weighted by Crippen LogP contribution is -2.19. The second kappa shape index (κ2) is 9.98. The fourth-order valence-corrected chi connectivity index (χ4v) is 2.07. The maximum atomic E-state index is 12.1. The highest BCUT2D eigenvalue weighted by Gasteiger charge is 2.28. The topological polar surface area (TPSA) is 93.5 Å². The van der Waals surface area contributed by atoms with Crippen LogP contribution < -0.4 is 19.5 Å². The van der Waals surface area contributed by atoms with E-state index in [9.17, 15) is 18.0 Å². The van der Waals surface area contributed by atoms with Gasteiger partial charge in [-0.25, -0.2) is 4.98 Å². The number of methoxy groups -OCH3 is 1. The lowest BCUT2D eigenvalue weighted by atomic mass is 10.2. The molecule has 1 aromatic carbocycles. The van der Waals surface area contributed by atoms with Gasteiger partial charge in [-0.3, -0.25) is 4.79 Å². The zero-order chi connectivity index (χ0) is 21.3. The number of nitrogens with one attached hydrogen (secondary N) is 1. The molecule has 1 heterocycles. The Labute approximate surface area is 164 Å². The fraction of sp³-hybridized carbons (Fsp3) is 0.211.